The van der Waals surface area contributed by atoms with Gasteiger partial charge in [-0.25, -0.2) is 0 Å². The van der Waals surface area contributed by atoms with Gasteiger partial charge < -0.3 is 14.8 Å². The van der Waals surface area contributed by atoms with Crippen molar-refractivity contribution in [3.63, 3.8) is 0 Å². The first-order valence-corrected chi connectivity index (χ1v) is 10.5. The number of nitrogens with one attached hydrogen (secondary N) is 1. The summed E-state index contributed by atoms with van der Waals surface area (Å²) in [6, 6.07) is 16.1. The molecule has 1 heterocycles. The number of fused-ring (bicyclic) bond motifs is 1. The van der Waals surface area contributed by atoms with Gasteiger partial charge in [-0.15, -0.1) is 11.8 Å². The Morgan fingerprint density at radius 3 is 2.52 bits per heavy atom. The van der Waals surface area contributed by atoms with E-state index >= 15 is 0 Å². The number of ether oxygens (including phenoxy) is 2. The molecule has 1 unspecified atom stereocenters. The molecular weight excluding hydrogens is 358 g/mol. The van der Waals surface area contributed by atoms with E-state index in [1.54, 1.807) is 11.8 Å². The monoisotopic (exact) mass is 385 g/mol. The lowest BCUT2D eigenvalue weighted by Gasteiger charge is -2.20. The lowest BCUT2D eigenvalue weighted by Crippen LogP contribution is -2.35. The molecule has 1 amide bonds. The summed E-state index contributed by atoms with van der Waals surface area (Å²) >= 11 is 1.69. The molecule has 1 atom stereocenters. The fourth-order valence-electron chi connectivity index (χ4n) is 2.94. The predicted molar refractivity (Wildman–Crippen MR) is 110 cm³/mol. The molecular formula is C22H27NO3S. The minimum absolute atomic E-state index is 0.0781. The number of rotatable bonds is 7. The van der Waals surface area contributed by atoms with Crippen molar-refractivity contribution in [2.24, 2.45) is 5.92 Å². The minimum atomic E-state index is -0.0781. The third-order valence-corrected chi connectivity index (χ3v) is 6.03. The first-order valence-electron chi connectivity index (χ1n) is 9.45. The Hall–Kier alpha value is -2.14. The van der Waals surface area contributed by atoms with E-state index in [4.69, 9.17) is 9.47 Å². The molecule has 27 heavy (non-hydrogen) atoms. The molecule has 1 N–H and O–H groups in total. The second-order valence-corrected chi connectivity index (χ2v) is 8.14. The first-order chi connectivity index (χ1) is 13.1. The van der Waals surface area contributed by atoms with E-state index in [9.17, 15) is 4.79 Å². The van der Waals surface area contributed by atoms with Gasteiger partial charge >= 0.3 is 0 Å². The van der Waals surface area contributed by atoms with Crippen LogP contribution in [0.3, 0.4) is 0 Å². The van der Waals surface area contributed by atoms with Crippen LogP contribution in [0.4, 0.5) is 0 Å². The molecule has 3 rings (SSSR count). The van der Waals surface area contributed by atoms with E-state index in [0.29, 0.717) is 19.8 Å². The van der Waals surface area contributed by atoms with Crippen molar-refractivity contribution in [3.8, 4) is 11.5 Å². The summed E-state index contributed by atoms with van der Waals surface area (Å²) in [4.78, 5) is 12.7. The van der Waals surface area contributed by atoms with Crippen molar-refractivity contribution in [2.75, 3.05) is 13.2 Å². The van der Waals surface area contributed by atoms with Crippen molar-refractivity contribution < 1.29 is 14.3 Å². The average Bonchev–Trinajstić information content (AvgIpc) is 2.92. The number of hydrogen-bond acceptors (Lipinski definition) is 4. The van der Waals surface area contributed by atoms with Crippen LogP contribution in [0.1, 0.15) is 31.4 Å². The zero-order valence-corrected chi connectivity index (χ0v) is 16.8. The van der Waals surface area contributed by atoms with Gasteiger partial charge in [0.25, 0.3) is 0 Å². The fourth-order valence-corrected chi connectivity index (χ4v) is 4.12. The van der Waals surface area contributed by atoms with Crippen LogP contribution in [0.25, 0.3) is 0 Å². The molecule has 1 aliphatic rings. The summed E-state index contributed by atoms with van der Waals surface area (Å²) in [5.74, 6) is 2.72. The average molecular weight is 386 g/mol. The molecule has 0 aromatic heterocycles. The second-order valence-electron chi connectivity index (χ2n) is 7.01. The van der Waals surface area contributed by atoms with E-state index in [1.807, 2.05) is 36.4 Å². The van der Waals surface area contributed by atoms with Crippen LogP contribution in [0.15, 0.2) is 48.5 Å². The highest BCUT2D eigenvalue weighted by Crippen LogP contribution is 2.30. The van der Waals surface area contributed by atoms with E-state index in [2.05, 4.69) is 31.3 Å². The second kappa shape index (κ2) is 9.70. The van der Waals surface area contributed by atoms with Gasteiger partial charge in [-0.2, -0.15) is 0 Å². The predicted octanol–water partition coefficient (Wildman–Crippen LogP) is 4.42. The minimum Gasteiger partial charge on any atom is -0.490 e. The molecule has 2 aromatic rings. The number of hydrogen-bond donors (Lipinski definition) is 1. The van der Waals surface area contributed by atoms with Crippen LogP contribution in [0, 0.1) is 5.92 Å². The van der Waals surface area contributed by atoms with Crippen LogP contribution in [-0.4, -0.2) is 24.4 Å². The SMILES string of the molecule is CC(C)C(SCc1ccccc1)C(=O)NCc1ccc2c(c1)OCCCO2. The maximum absolute atomic E-state index is 12.7. The van der Waals surface area contributed by atoms with Gasteiger partial charge in [-0.05, 0) is 29.2 Å². The maximum atomic E-state index is 12.7. The normalized spacial score (nSPS) is 14.5. The summed E-state index contributed by atoms with van der Waals surface area (Å²) in [7, 11) is 0. The summed E-state index contributed by atoms with van der Waals surface area (Å²) in [6.07, 6.45) is 0.884. The van der Waals surface area contributed by atoms with Gasteiger partial charge in [0.2, 0.25) is 5.91 Å². The zero-order valence-electron chi connectivity index (χ0n) is 15.9. The van der Waals surface area contributed by atoms with Gasteiger partial charge in [0.05, 0.1) is 18.5 Å². The van der Waals surface area contributed by atoms with Crippen LogP contribution in [0.5, 0.6) is 11.5 Å². The van der Waals surface area contributed by atoms with Crippen LogP contribution in [0.2, 0.25) is 0 Å². The number of carbonyl (C=O) groups is 1. The lowest BCUT2D eigenvalue weighted by atomic mass is 10.1. The van der Waals surface area contributed by atoms with Crippen molar-refractivity contribution in [1.82, 2.24) is 5.32 Å². The van der Waals surface area contributed by atoms with E-state index in [-0.39, 0.29) is 17.1 Å². The molecule has 5 heteroatoms. The third-order valence-electron chi connectivity index (χ3n) is 4.41. The van der Waals surface area contributed by atoms with E-state index in [1.165, 1.54) is 5.56 Å². The molecule has 144 valence electrons. The third kappa shape index (κ3) is 5.67. The molecule has 0 radical (unpaired) electrons. The van der Waals surface area contributed by atoms with E-state index in [0.717, 1.165) is 29.2 Å². The van der Waals surface area contributed by atoms with Crippen molar-refractivity contribution in [2.45, 2.75) is 37.8 Å². The Kier molecular flexibility index (Phi) is 7.04. The van der Waals surface area contributed by atoms with Gasteiger partial charge in [0.1, 0.15) is 0 Å². The first kappa shape index (κ1) is 19.6. The maximum Gasteiger partial charge on any atom is 0.233 e. The van der Waals surface area contributed by atoms with Crippen LogP contribution < -0.4 is 14.8 Å². The standard InChI is InChI=1S/C22H27NO3S/c1-16(2)21(27-15-17-7-4-3-5-8-17)22(24)23-14-18-9-10-19-20(13-18)26-12-6-11-25-19/h3-5,7-10,13,16,21H,6,11-12,14-15H2,1-2H3,(H,23,24). The zero-order chi connectivity index (χ0) is 19.1. The van der Waals surface area contributed by atoms with Crippen molar-refractivity contribution in [1.29, 1.82) is 0 Å². The Morgan fingerprint density at radius 1 is 1.04 bits per heavy atom. The van der Waals surface area contributed by atoms with Crippen molar-refractivity contribution in [3.05, 3.63) is 59.7 Å². The van der Waals surface area contributed by atoms with Crippen LogP contribution >= 0.6 is 11.8 Å². The van der Waals surface area contributed by atoms with Gasteiger partial charge in [0, 0.05) is 18.7 Å². The molecule has 0 saturated heterocycles. The molecule has 1 aliphatic heterocycles. The summed E-state index contributed by atoms with van der Waals surface area (Å²) < 4.78 is 11.4. The molecule has 0 saturated carbocycles. The topological polar surface area (TPSA) is 47.6 Å². The Bertz CT molecular complexity index is 748. The molecule has 0 fully saturated rings. The van der Waals surface area contributed by atoms with E-state index < -0.39 is 0 Å². The number of carbonyl (C=O) groups excluding carboxylic acids is 1. The smallest absolute Gasteiger partial charge is 0.233 e. The molecule has 0 bridgehead atoms. The highest BCUT2D eigenvalue weighted by molar-refractivity contribution is 7.99. The van der Waals surface area contributed by atoms with Gasteiger partial charge in [-0.1, -0.05) is 50.2 Å². The number of amides is 1. The van der Waals surface area contributed by atoms with Crippen molar-refractivity contribution >= 4 is 17.7 Å². The largest absolute Gasteiger partial charge is 0.490 e. The summed E-state index contributed by atoms with van der Waals surface area (Å²) in [5.41, 5.74) is 2.26. The van der Waals surface area contributed by atoms with Gasteiger partial charge in [-0.3, -0.25) is 4.79 Å². The number of thioether (sulfide) groups is 1. The molecule has 0 aliphatic carbocycles. The highest BCUT2D eigenvalue weighted by Gasteiger charge is 2.22. The van der Waals surface area contributed by atoms with Crippen LogP contribution in [-0.2, 0) is 17.1 Å². The fraction of sp³-hybridized carbons (Fsp3) is 0.409. The lowest BCUT2D eigenvalue weighted by molar-refractivity contribution is -0.121. The quantitative estimate of drug-likeness (QED) is 0.766. The summed E-state index contributed by atoms with van der Waals surface area (Å²) in [5, 5.41) is 3.00. The highest BCUT2D eigenvalue weighted by atomic mass is 32.2. The molecule has 2 aromatic carbocycles. The molecule has 0 spiro atoms. The Balaban J connectivity index is 1.56. The number of benzene rings is 2. The van der Waals surface area contributed by atoms with Gasteiger partial charge in [0.15, 0.2) is 11.5 Å². The molecule has 4 nitrogen and oxygen atoms in total. The summed E-state index contributed by atoms with van der Waals surface area (Å²) in [6.45, 7) is 6.02. The Labute approximate surface area is 165 Å². The Morgan fingerprint density at radius 2 is 1.78 bits per heavy atom.